The highest BCUT2D eigenvalue weighted by Crippen LogP contribution is 2.32. The van der Waals surface area contributed by atoms with Crippen LogP contribution in [0, 0.1) is 31.0 Å². The van der Waals surface area contributed by atoms with Crippen LogP contribution in [0.3, 0.4) is 0 Å². The maximum Gasteiger partial charge on any atom is 0.254 e. The van der Waals surface area contributed by atoms with E-state index in [9.17, 15) is 14.4 Å². The molecule has 0 unspecified atom stereocenters. The molecule has 2 heterocycles. The number of carbonyl (C=O) groups excluding carboxylic acids is 1. The van der Waals surface area contributed by atoms with Crippen LogP contribution in [0.4, 0.5) is 10.1 Å². The third-order valence-electron chi connectivity index (χ3n) is 5.76. The Labute approximate surface area is 180 Å². The number of hydrogen-bond acceptors (Lipinski definition) is 5. The van der Waals surface area contributed by atoms with Crippen LogP contribution in [0.5, 0.6) is 5.75 Å². The molecule has 0 bridgehead atoms. The van der Waals surface area contributed by atoms with Gasteiger partial charge in [0.25, 0.3) is 5.91 Å². The summed E-state index contributed by atoms with van der Waals surface area (Å²) in [5.74, 6) is 0.272. The quantitative estimate of drug-likeness (QED) is 0.647. The molecule has 1 aromatic heterocycles. The lowest BCUT2D eigenvalue weighted by atomic mass is 10.0. The fraction of sp³-hybridized carbons (Fsp3) is 0.292. The first-order valence-corrected chi connectivity index (χ1v) is 10.1. The van der Waals surface area contributed by atoms with Crippen molar-refractivity contribution in [2.45, 2.75) is 13.8 Å². The zero-order valence-corrected chi connectivity index (χ0v) is 17.8. The van der Waals surface area contributed by atoms with Crippen molar-refractivity contribution in [2.24, 2.45) is 0 Å². The van der Waals surface area contributed by atoms with Crippen molar-refractivity contribution in [1.82, 2.24) is 9.88 Å². The Morgan fingerprint density at radius 3 is 2.55 bits per heavy atom. The summed E-state index contributed by atoms with van der Waals surface area (Å²) in [5, 5.41) is 10.2. The number of anilines is 1. The molecule has 31 heavy (non-hydrogen) atoms. The van der Waals surface area contributed by atoms with Crippen molar-refractivity contribution in [1.29, 1.82) is 5.26 Å². The minimum absolute atomic E-state index is 0.0556. The molecule has 3 aromatic rings. The number of carbonyl (C=O) groups is 1. The van der Waals surface area contributed by atoms with Gasteiger partial charge in [-0.05, 0) is 49.2 Å². The number of fused-ring (bicyclic) bond motifs is 1. The van der Waals surface area contributed by atoms with E-state index in [0.29, 0.717) is 59.6 Å². The molecule has 0 spiro atoms. The Balaban J connectivity index is 1.60. The lowest BCUT2D eigenvalue weighted by Gasteiger charge is -2.37. The van der Waals surface area contributed by atoms with Crippen molar-refractivity contribution < 1.29 is 13.9 Å². The van der Waals surface area contributed by atoms with Crippen LogP contribution in [-0.4, -0.2) is 49.1 Å². The average molecular weight is 418 g/mol. The van der Waals surface area contributed by atoms with Gasteiger partial charge in [-0.15, -0.1) is 0 Å². The second-order valence-corrected chi connectivity index (χ2v) is 7.71. The molecule has 2 aromatic carbocycles. The smallest absolute Gasteiger partial charge is 0.254 e. The topological polar surface area (TPSA) is 69.5 Å². The first-order valence-electron chi connectivity index (χ1n) is 10.1. The number of amides is 1. The molecule has 0 N–H and O–H groups in total. The number of rotatable bonds is 3. The zero-order valence-electron chi connectivity index (χ0n) is 17.8. The monoisotopic (exact) mass is 418 g/mol. The summed E-state index contributed by atoms with van der Waals surface area (Å²) in [6.45, 7) is 5.81. The van der Waals surface area contributed by atoms with E-state index in [1.165, 1.54) is 12.1 Å². The third kappa shape index (κ3) is 3.77. The maximum atomic E-state index is 14.1. The van der Waals surface area contributed by atoms with Gasteiger partial charge in [0.15, 0.2) is 0 Å². The standard InChI is InChI=1S/C24H23FN4O2/c1-15-4-5-17(11-21(15)31-3)24(30)29-8-6-28(7-9-29)23-18(13-26)14-27-22-16(2)10-19(25)12-20(22)23/h4-5,10-12,14H,6-9H2,1-3H3. The van der Waals surface area contributed by atoms with Gasteiger partial charge in [0.05, 0.1) is 23.9 Å². The minimum Gasteiger partial charge on any atom is -0.496 e. The molecule has 1 fully saturated rings. The summed E-state index contributed by atoms with van der Waals surface area (Å²) in [6, 6.07) is 10.5. The van der Waals surface area contributed by atoms with Crippen LogP contribution in [0.15, 0.2) is 36.5 Å². The fourth-order valence-corrected chi connectivity index (χ4v) is 4.11. The molecule has 1 aliphatic rings. The molecule has 1 amide bonds. The first kappa shape index (κ1) is 20.6. The number of hydrogen-bond donors (Lipinski definition) is 0. The Kier molecular flexibility index (Phi) is 5.47. The van der Waals surface area contributed by atoms with Crippen molar-refractivity contribution in [3.8, 4) is 11.8 Å². The van der Waals surface area contributed by atoms with E-state index in [2.05, 4.69) is 11.1 Å². The van der Waals surface area contributed by atoms with Crippen LogP contribution in [0.2, 0.25) is 0 Å². The van der Waals surface area contributed by atoms with Crippen LogP contribution in [0.25, 0.3) is 10.9 Å². The summed E-state index contributed by atoms with van der Waals surface area (Å²) in [6.07, 6.45) is 1.54. The molecular weight excluding hydrogens is 395 g/mol. The van der Waals surface area contributed by atoms with Crippen molar-refractivity contribution in [3.05, 3.63) is 64.6 Å². The Hall–Kier alpha value is -3.66. The number of aryl methyl sites for hydroxylation is 2. The number of pyridine rings is 1. The molecule has 1 saturated heterocycles. The molecule has 6 nitrogen and oxygen atoms in total. The number of ether oxygens (including phenoxy) is 1. The molecular formula is C24H23FN4O2. The average Bonchev–Trinajstić information content (AvgIpc) is 2.78. The van der Waals surface area contributed by atoms with Crippen molar-refractivity contribution in [2.75, 3.05) is 38.2 Å². The van der Waals surface area contributed by atoms with E-state index >= 15 is 0 Å². The van der Waals surface area contributed by atoms with Gasteiger partial charge < -0.3 is 14.5 Å². The van der Waals surface area contributed by atoms with E-state index in [1.807, 2.05) is 24.0 Å². The van der Waals surface area contributed by atoms with Gasteiger partial charge in [0, 0.05) is 43.3 Å². The predicted octanol–water partition coefficient (Wildman–Crippen LogP) is 3.83. The Morgan fingerprint density at radius 2 is 1.87 bits per heavy atom. The molecule has 0 saturated carbocycles. The van der Waals surface area contributed by atoms with E-state index in [-0.39, 0.29) is 11.7 Å². The van der Waals surface area contributed by atoms with Crippen LogP contribution < -0.4 is 9.64 Å². The lowest BCUT2D eigenvalue weighted by Crippen LogP contribution is -2.49. The number of methoxy groups -OCH3 is 1. The lowest BCUT2D eigenvalue weighted by molar-refractivity contribution is 0.0746. The Morgan fingerprint density at radius 1 is 1.13 bits per heavy atom. The number of nitriles is 1. The minimum atomic E-state index is -0.356. The largest absolute Gasteiger partial charge is 0.496 e. The summed E-state index contributed by atoms with van der Waals surface area (Å²) in [4.78, 5) is 21.2. The molecule has 0 atom stereocenters. The Bertz CT molecular complexity index is 1210. The van der Waals surface area contributed by atoms with Gasteiger partial charge in [0.2, 0.25) is 0 Å². The van der Waals surface area contributed by atoms with Gasteiger partial charge in [-0.2, -0.15) is 5.26 Å². The number of halogens is 1. The maximum absolute atomic E-state index is 14.1. The normalized spacial score (nSPS) is 13.9. The fourth-order valence-electron chi connectivity index (χ4n) is 4.11. The van der Waals surface area contributed by atoms with Gasteiger partial charge in [0.1, 0.15) is 17.6 Å². The van der Waals surface area contributed by atoms with Gasteiger partial charge in [-0.1, -0.05) is 6.07 Å². The number of benzene rings is 2. The van der Waals surface area contributed by atoms with Crippen LogP contribution >= 0.6 is 0 Å². The number of aromatic nitrogens is 1. The molecule has 1 aliphatic heterocycles. The highest BCUT2D eigenvalue weighted by molar-refractivity contribution is 5.97. The predicted molar refractivity (Wildman–Crippen MR) is 117 cm³/mol. The third-order valence-corrected chi connectivity index (χ3v) is 5.76. The summed E-state index contributed by atoms with van der Waals surface area (Å²) in [5.41, 5.74) is 4.05. The second-order valence-electron chi connectivity index (χ2n) is 7.71. The summed E-state index contributed by atoms with van der Waals surface area (Å²) < 4.78 is 19.5. The van der Waals surface area contributed by atoms with Gasteiger partial charge in [-0.25, -0.2) is 4.39 Å². The SMILES string of the molecule is COc1cc(C(=O)N2CCN(c3c(C#N)cnc4c(C)cc(F)cc34)CC2)ccc1C. The van der Waals surface area contributed by atoms with E-state index in [1.54, 1.807) is 31.2 Å². The zero-order chi connectivity index (χ0) is 22.1. The molecule has 7 heteroatoms. The first-order chi connectivity index (χ1) is 14.9. The van der Waals surface area contributed by atoms with Gasteiger partial charge >= 0.3 is 0 Å². The number of piperazine rings is 1. The molecule has 0 radical (unpaired) electrons. The van der Waals surface area contributed by atoms with E-state index in [0.717, 1.165) is 11.1 Å². The molecule has 158 valence electrons. The van der Waals surface area contributed by atoms with Crippen molar-refractivity contribution >= 4 is 22.5 Å². The van der Waals surface area contributed by atoms with Gasteiger partial charge in [-0.3, -0.25) is 9.78 Å². The molecule has 0 aliphatic carbocycles. The van der Waals surface area contributed by atoms with Crippen LogP contribution in [0.1, 0.15) is 27.0 Å². The highest BCUT2D eigenvalue weighted by Gasteiger charge is 2.26. The van der Waals surface area contributed by atoms with Crippen LogP contribution in [-0.2, 0) is 0 Å². The van der Waals surface area contributed by atoms with Crippen molar-refractivity contribution in [3.63, 3.8) is 0 Å². The van der Waals surface area contributed by atoms with E-state index in [4.69, 9.17) is 4.74 Å². The molecule has 4 rings (SSSR count). The summed E-state index contributed by atoms with van der Waals surface area (Å²) in [7, 11) is 1.59. The second kappa shape index (κ2) is 8.23. The number of nitrogens with zero attached hydrogens (tertiary/aromatic N) is 4. The summed E-state index contributed by atoms with van der Waals surface area (Å²) >= 11 is 0. The van der Waals surface area contributed by atoms with E-state index < -0.39 is 0 Å². The highest BCUT2D eigenvalue weighted by atomic mass is 19.1.